The molecule has 0 atom stereocenters. The number of likely N-dealkylation sites (tertiary alicyclic amines) is 1. The first-order valence-corrected chi connectivity index (χ1v) is 11.3. The Morgan fingerprint density at radius 2 is 1.77 bits per heavy atom. The number of carbonyl (C=O) groups is 1. The summed E-state index contributed by atoms with van der Waals surface area (Å²) in [6.45, 7) is 9.31. The van der Waals surface area contributed by atoms with E-state index in [-0.39, 0.29) is 0 Å². The maximum absolute atomic E-state index is 12.6. The Hall–Kier alpha value is -1.14. The van der Waals surface area contributed by atoms with E-state index in [4.69, 9.17) is 4.98 Å². The second-order valence-corrected chi connectivity index (χ2v) is 9.21. The van der Waals surface area contributed by atoms with E-state index in [0.717, 1.165) is 56.6 Å². The van der Waals surface area contributed by atoms with Gasteiger partial charge in [-0.05, 0) is 44.7 Å². The molecular formula is C20H32N4OS. The Balaban J connectivity index is 1.27. The number of hydrogen-bond donors (Lipinski definition) is 0. The normalized spacial score (nSPS) is 23.7. The van der Waals surface area contributed by atoms with Crippen molar-refractivity contribution in [2.75, 3.05) is 44.2 Å². The highest BCUT2D eigenvalue weighted by atomic mass is 32.1. The van der Waals surface area contributed by atoms with Crippen LogP contribution in [0, 0.1) is 11.8 Å². The van der Waals surface area contributed by atoms with E-state index in [9.17, 15) is 4.79 Å². The van der Waals surface area contributed by atoms with Gasteiger partial charge >= 0.3 is 0 Å². The van der Waals surface area contributed by atoms with E-state index in [0.29, 0.717) is 11.8 Å². The summed E-state index contributed by atoms with van der Waals surface area (Å²) in [6, 6.07) is 0. The van der Waals surface area contributed by atoms with Gasteiger partial charge in [0.1, 0.15) is 0 Å². The third kappa shape index (κ3) is 4.22. The fraction of sp³-hybridized carbons (Fsp3) is 0.800. The first kappa shape index (κ1) is 18.2. The fourth-order valence-corrected chi connectivity index (χ4v) is 5.38. The first-order valence-electron chi connectivity index (χ1n) is 10.4. The van der Waals surface area contributed by atoms with Crippen LogP contribution in [0.4, 0.5) is 5.13 Å². The topological polar surface area (TPSA) is 39.7 Å². The van der Waals surface area contributed by atoms with Gasteiger partial charge in [0.2, 0.25) is 5.91 Å². The number of piperidine rings is 1. The molecule has 1 aliphatic carbocycles. The molecule has 3 heterocycles. The Labute approximate surface area is 161 Å². The molecule has 0 spiro atoms. The third-order valence-electron chi connectivity index (χ3n) is 6.37. The first-order chi connectivity index (χ1) is 12.7. The lowest BCUT2D eigenvalue weighted by Gasteiger charge is -2.35. The summed E-state index contributed by atoms with van der Waals surface area (Å²) in [5, 5.41) is 3.36. The summed E-state index contributed by atoms with van der Waals surface area (Å²) in [4.78, 5) is 24.5. The van der Waals surface area contributed by atoms with Crippen LogP contribution in [-0.2, 0) is 11.3 Å². The number of aromatic nitrogens is 1. The van der Waals surface area contributed by atoms with E-state index in [2.05, 4.69) is 27.0 Å². The number of nitrogens with zero attached hydrogens (tertiary/aromatic N) is 4. The van der Waals surface area contributed by atoms with Crippen molar-refractivity contribution in [1.82, 2.24) is 14.8 Å². The third-order valence-corrected chi connectivity index (χ3v) is 7.32. The molecule has 1 saturated carbocycles. The molecule has 3 aliphatic rings. The van der Waals surface area contributed by atoms with Crippen LogP contribution >= 0.6 is 11.3 Å². The number of hydrogen-bond acceptors (Lipinski definition) is 5. The number of carbonyl (C=O) groups excluding carboxylic acids is 1. The number of thiazole rings is 1. The van der Waals surface area contributed by atoms with E-state index in [1.165, 1.54) is 44.5 Å². The van der Waals surface area contributed by atoms with E-state index < -0.39 is 0 Å². The minimum Gasteiger partial charge on any atom is -0.345 e. The maximum atomic E-state index is 12.6. The zero-order chi connectivity index (χ0) is 17.9. The van der Waals surface area contributed by atoms with Crippen molar-refractivity contribution in [3.63, 3.8) is 0 Å². The van der Waals surface area contributed by atoms with Crippen molar-refractivity contribution in [3.05, 3.63) is 11.1 Å². The van der Waals surface area contributed by atoms with Gasteiger partial charge in [0.25, 0.3) is 0 Å². The molecule has 0 bridgehead atoms. The average molecular weight is 377 g/mol. The van der Waals surface area contributed by atoms with Crippen molar-refractivity contribution in [2.45, 2.75) is 52.0 Å². The Morgan fingerprint density at radius 3 is 2.46 bits per heavy atom. The summed E-state index contributed by atoms with van der Waals surface area (Å²) in [7, 11) is 0. The number of piperazine rings is 1. The molecule has 1 amide bonds. The number of amides is 1. The second-order valence-electron chi connectivity index (χ2n) is 8.37. The van der Waals surface area contributed by atoms with Crippen LogP contribution < -0.4 is 4.90 Å². The second kappa shape index (κ2) is 8.26. The molecule has 0 unspecified atom stereocenters. The van der Waals surface area contributed by atoms with Crippen LogP contribution in [0.5, 0.6) is 0 Å². The van der Waals surface area contributed by atoms with Crippen LogP contribution in [0.1, 0.15) is 51.1 Å². The predicted molar refractivity (Wildman–Crippen MR) is 107 cm³/mol. The van der Waals surface area contributed by atoms with Crippen LogP contribution in [0.25, 0.3) is 0 Å². The van der Waals surface area contributed by atoms with Crippen molar-refractivity contribution < 1.29 is 4.79 Å². The molecule has 3 fully saturated rings. The summed E-state index contributed by atoms with van der Waals surface area (Å²) < 4.78 is 0. The molecule has 0 aromatic carbocycles. The highest BCUT2D eigenvalue weighted by molar-refractivity contribution is 7.13. The highest BCUT2D eigenvalue weighted by Crippen LogP contribution is 2.28. The molecule has 5 nitrogen and oxygen atoms in total. The van der Waals surface area contributed by atoms with E-state index >= 15 is 0 Å². The minimum absolute atomic E-state index is 0.306. The molecule has 4 rings (SSSR count). The predicted octanol–water partition coefficient (Wildman–Crippen LogP) is 3.21. The van der Waals surface area contributed by atoms with Gasteiger partial charge in [-0.3, -0.25) is 9.69 Å². The zero-order valence-corrected chi connectivity index (χ0v) is 16.8. The average Bonchev–Trinajstić information content (AvgIpc) is 3.35. The lowest BCUT2D eigenvalue weighted by atomic mass is 9.99. The summed E-state index contributed by atoms with van der Waals surface area (Å²) >= 11 is 1.76. The maximum Gasteiger partial charge on any atom is 0.225 e. The monoisotopic (exact) mass is 376 g/mol. The highest BCUT2D eigenvalue weighted by Gasteiger charge is 2.30. The van der Waals surface area contributed by atoms with Crippen molar-refractivity contribution >= 4 is 22.4 Å². The Morgan fingerprint density at radius 1 is 1.08 bits per heavy atom. The molecule has 0 N–H and O–H groups in total. The smallest absolute Gasteiger partial charge is 0.225 e. The molecule has 26 heavy (non-hydrogen) atoms. The fourth-order valence-electron chi connectivity index (χ4n) is 4.51. The van der Waals surface area contributed by atoms with E-state index in [1.54, 1.807) is 11.3 Å². The molecule has 144 valence electrons. The summed E-state index contributed by atoms with van der Waals surface area (Å²) in [5.41, 5.74) is 1.21. The quantitative estimate of drug-likeness (QED) is 0.809. The molecular weight excluding hydrogens is 344 g/mol. The molecule has 1 aromatic heterocycles. The largest absolute Gasteiger partial charge is 0.345 e. The van der Waals surface area contributed by atoms with Crippen molar-refractivity contribution in [1.29, 1.82) is 0 Å². The van der Waals surface area contributed by atoms with E-state index in [1.807, 2.05) is 0 Å². The van der Waals surface area contributed by atoms with Gasteiger partial charge < -0.3 is 9.80 Å². The minimum atomic E-state index is 0.306. The van der Waals surface area contributed by atoms with Gasteiger partial charge in [-0.1, -0.05) is 19.8 Å². The SMILES string of the molecule is CC1CCN(Cc2csc(N3CCN(C(=O)C4CCCC4)CC3)n2)CC1. The number of anilines is 1. The molecule has 2 saturated heterocycles. The Bertz CT molecular complexity index is 597. The van der Waals surface area contributed by atoms with Gasteiger partial charge in [0.15, 0.2) is 5.13 Å². The summed E-state index contributed by atoms with van der Waals surface area (Å²) in [6.07, 6.45) is 7.29. The molecule has 2 aliphatic heterocycles. The van der Waals surface area contributed by atoms with Crippen LogP contribution in [0.3, 0.4) is 0 Å². The van der Waals surface area contributed by atoms with Crippen molar-refractivity contribution in [2.24, 2.45) is 11.8 Å². The zero-order valence-electron chi connectivity index (χ0n) is 16.0. The van der Waals surface area contributed by atoms with Gasteiger partial charge in [0, 0.05) is 44.0 Å². The molecule has 6 heteroatoms. The molecule has 0 radical (unpaired) electrons. The lowest BCUT2D eigenvalue weighted by molar-refractivity contribution is -0.135. The van der Waals surface area contributed by atoms with Crippen LogP contribution in [-0.4, -0.2) is 60.0 Å². The molecule has 1 aromatic rings. The van der Waals surface area contributed by atoms with Crippen LogP contribution in [0.2, 0.25) is 0 Å². The van der Waals surface area contributed by atoms with Crippen LogP contribution in [0.15, 0.2) is 5.38 Å². The van der Waals surface area contributed by atoms with Gasteiger partial charge in [-0.2, -0.15) is 0 Å². The standard InChI is InChI=1S/C20H32N4OS/c1-16-6-8-22(9-7-16)14-18-15-26-20(21-18)24-12-10-23(11-13-24)19(25)17-4-2-3-5-17/h15-17H,2-14H2,1H3. The lowest BCUT2D eigenvalue weighted by Crippen LogP contribution is -2.50. The Kier molecular flexibility index (Phi) is 5.79. The van der Waals surface area contributed by atoms with Gasteiger partial charge in [0.05, 0.1) is 5.69 Å². The van der Waals surface area contributed by atoms with Gasteiger partial charge in [-0.15, -0.1) is 11.3 Å². The van der Waals surface area contributed by atoms with Crippen molar-refractivity contribution in [3.8, 4) is 0 Å². The van der Waals surface area contributed by atoms with Gasteiger partial charge in [-0.25, -0.2) is 4.98 Å². The number of rotatable bonds is 4. The summed E-state index contributed by atoms with van der Waals surface area (Å²) in [5.74, 6) is 1.59.